The van der Waals surface area contributed by atoms with Gasteiger partial charge in [-0.15, -0.1) is 11.3 Å². The number of anilines is 1. The zero-order valence-electron chi connectivity index (χ0n) is 10.3. The van der Waals surface area contributed by atoms with Crippen molar-refractivity contribution in [3.63, 3.8) is 0 Å². The maximum absolute atomic E-state index is 12.0. The van der Waals surface area contributed by atoms with Gasteiger partial charge in [0, 0.05) is 18.2 Å². The largest absolute Gasteiger partial charge is 0.383 e. The van der Waals surface area contributed by atoms with E-state index in [9.17, 15) is 4.79 Å². The highest BCUT2D eigenvalue weighted by molar-refractivity contribution is 9.10. The second kappa shape index (κ2) is 6.78. The molecule has 2 rings (SSSR count). The smallest absolute Gasteiger partial charge is 0.283 e. The third-order valence-electron chi connectivity index (χ3n) is 2.43. The van der Waals surface area contributed by atoms with Crippen molar-refractivity contribution in [1.82, 2.24) is 14.8 Å². The van der Waals surface area contributed by atoms with Crippen molar-refractivity contribution in [1.29, 1.82) is 0 Å². The van der Waals surface area contributed by atoms with E-state index in [1.165, 1.54) is 4.68 Å². The summed E-state index contributed by atoms with van der Waals surface area (Å²) in [5.41, 5.74) is 2.27. The van der Waals surface area contributed by atoms with E-state index in [2.05, 4.69) is 31.3 Å². The molecule has 0 unspecified atom stereocenters. The Morgan fingerprint density at radius 1 is 1.53 bits per heavy atom. The Morgan fingerprint density at radius 2 is 2.37 bits per heavy atom. The normalized spacial score (nSPS) is 10.6. The second-order valence-corrected chi connectivity index (χ2v) is 5.48. The van der Waals surface area contributed by atoms with Crippen LogP contribution >= 0.6 is 27.3 Å². The van der Waals surface area contributed by atoms with Crippen molar-refractivity contribution >= 4 is 33.0 Å². The standard InChI is InChI=1S/C11H13BrN4O2S/c1-18-3-2-16-11(17)10(12)9(6-15-16)14-5-8-4-13-7-19-8/h4,6-7,14H,2-3,5H2,1H3. The number of rotatable bonds is 6. The van der Waals surface area contributed by atoms with Gasteiger partial charge in [0.1, 0.15) is 4.47 Å². The van der Waals surface area contributed by atoms with E-state index in [1.807, 2.05) is 0 Å². The number of hydrogen-bond acceptors (Lipinski definition) is 6. The van der Waals surface area contributed by atoms with E-state index < -0.39 is 0 Å². The van der Waals surface area contributed by atoms with Gasteiger partial charge >= 0.3 is 0 Å². The summed E-state index contributed by atoms with van der Waals surface area (Å²) in [6.07, 6.45) is 3.42. The van der Waals surface area contributed by atoms with Crippen molar-refractivity contribution in [2.45, 2.75) is 13.1 Å². The molecule has 0 amide bonds. The lowest BCUT2D eigenvalue weighted by atomic mass is 10.4. The van der Waals surface area contributed by atoms with Gasteiger partial charge in [-0.05, 0) is 15.9 Å². The van der Waals surface area contributed by atoms with Crippen molar-refractivity contribution in [2.24, 2.45) is 0 Å². The van der Waals surface area contributed by atoms with Crippen molar-refractivity contribution in [2.75, 3.05) is 19.0 Å². The summed E-state index contributed by atoms with van der Waals surface area (Å²) in [4.78, 5) is 17.1. The Bertz CT molecular complexity index is 585. The molecule has 2 heterocycles. The summed E-state index contributed by atoms with van der Waals surface area (Å²) in [7, 11) is 1.59. The molecule has 8 heteroatoms. The molecule has 0 spiro atoms. The van der Waals surface area contributed by atoms with Crippen LogP contribution in [0.3, 0.4) is 0 Å². The van der Waals surface area contributed by atoms with E-state index in [1.54, 1.807) is 36.4 Å². The fourth-order valence-electron chi connectivity index (χ4n) is 1.44. The fraction of sp³-hybridized carbons (Fsp3) is 0.364. The lowest BCUT2D eigenvalue weighted by molar-refractivity contribution is 0.181. The molecule has 0 aliphatic rings. The number of nitrogens with one attached hydrogen (secondary N) is 1. The number of aromatic nitrogens is 3. The van der Waals surface area contributed by atoms with E-state index in [0.29, 0.717) is 29.9 Å². The van der Waals surface area contributed by atoms with Gasteiger partial charge in [0.25, 0.3) is 5.56 Å². The van der Waals surface area contributed by atoms with Gasteiger partial charge in [-0.2, -0.15) is 5.10 Å². The Labute approximate surface area is 122 Å². The Morgan fingerprint density at radius 3 is 3.05 bits per heavy atom. The van der Waals surface area contributed by atoms with Gasteiger partial charge in [0.05, 0.1) is 37.1 Å². The number of hydrogen-bond donors (Lipinski definition) is 1. The number of ether oxygens (including phenoxy) is 1. The van der Waals surface area contributed by atoms with Crippen LogP contribution in [0.1, 0.15) is 4.88 Å². The zero-order valence-corrected chi connectivity index (χ0v) is 12.7. The molecule has 0 aromatic carbocycles. The van der Waals surface area contributed by atoms with E-state index in [0.717, 1.165) is 4.88 Å². The van der Waals surface area contributed by atoms with Gasteiger partial charge in [0.15, 0.2) is 0 Å². The highest BCUT2D eigenvalue weighted by Gasteiger charge is 2.08. The van der Waals surface area contributed by atoms with Crippen LogP contribution in [0.15, 0.2) is 27.2 Å². The zero-order chi connectivity index (χ0) is 13.7. The highest BCUT2D eigenvalue weighted by atomic mass is 79.9. The molecular formula is C11H13BrN4O2S. The summed E-state index contributed by atoms with van der Waals surface area (Å²) in [6, 6.07) is 0. The number of nitrogens with zero attached hydrogens (tertiary/aromatic N) is 3. The molecule has 6 nitrogen and oxygen atoms in total. The Kier molecular flexibility index (Phi) is 5.06. The molecular weight excluding hydrogens is 332 g/mol. The van der Waals surface area contributed by atoms with Crippen LogP contribution in [0.25, 0.3) is 0 Å². The summed E-state index contributed by atoms with van der Waals surface area (Å²) >= 11 is 4.86. The van der Waals surface area contributed by atoms with Crippen LogP contribution in [-0.2, 0) is 17.8 Å². The van der Waals surface area contributed by atoms with Gasteiger partial charge in [-0.3, -0.25) is 9.78 Å². The topological polar surface area (TPSA) is 69.0 Å². The molecule has 0 atom stereocenters. The second-order valence-electron chi connectivity index (χ2n) is 3.71. The van der Waals surface area contributed by atoms with Gasteiger partial charge in [-0.25, -0.2) is 4.68 Å². The third kappa shape index (κ3) is 3.62. The molecule has 102 valence electrons. The molecule has 0 radical (unpaired) electrons. The quantitative estimate of drug-likeness (QED) is 0.863. The number of thiazole rings is 1. The van der Waals surface area contributed by atoms with Crippen molar-refractivity contribution < 1.29 is 4.74 Å². The predicted octanol–water partition coefficient (Wildman–Crippen LogP) is 1.72. The average Bonchev–Trinajstić information content (AvgIpc) is 2.92. The molecule has 0 fully saturated rings. The molecule has 0 saturated heterocycles. The first-order valence-electron chi connectivity index (χ1n) is 5.58. The minimum Gasteiger partial charge on any atom is -0.383 e. The first-order valence-corrected chi connectivity index (χ1v) is 7.25. The molecule has 0 saturated carbocycles. The van der Waals surface area contributed by atoms with Gasteiger partial charge < -0.3 is 10.1 Å². The SMILES string of the molecule is COCCn1ncc(NCc2cncs2)c(Br)c1=O. The van der Waals surface area contributed by atoms with Crippen molar-refractivity contribution in [3.8, 4) is 0 Å². The molecule has 2 aromatic rings. The fourth-order valence-corrected chi connectivity index (χ4v) is 2.42. The molecule has 19 heavy (non-hydrogen) atoms. The Balaban J connectivity index is 2.09. The van der Waals surface area contributed by atoms with Crippen LogP contribution in [-0.4, -0.2) is 28.5 Å². The third-order valence-corrected chi connectivity index (χ3v) is 3.97. The monoisotopic (exact) mass is 344 g/mol. The lowest BCUT2D eigenvalue weighted by Gasteiger charge is -2.09. The molecule has 2 aromatic heterocycles. The maximum Gasteiger partial charge on any atom is 0.283 e. The highest BCUT2D eigenvalue weighted by Crippen LogP contribution is 2.17. The Hall–Kier alpha value is -1.25. The number of halogens is 1. The number of methoxy groups -OCH3 is 1. The minimum absolute atomic E-state index is 0.175. The van der Waals surface area contributed by atoms with E-state index >= 15 is 0 Å². The van der Waals surface area contributed by atoms with Crippen molar-refractivity contribution in [3.05, 3.63) is 37.6 Å². The average molecular weight is 345 g/mol. The van der Waals surface area contributed by atoms with Crippen LogP contribution in [0, 0.1) is 0 Å². The minimum atomic E-state index is -0.175. The van der Waals surface area contributed by atoms with E-state index in [-0.39, 0.29) is 5.56 Å². The summed E-state index contributed by atoms with van der Waals surface area (Å²) in [6.45, 7) is 1.50. The van der Waals surface area contributed by atoms with Gasteiger partial charge in [-0.1, -0.05) is 0 Å². The molecule has 0 aliphatic carbocycles. The van der Waals surface area contributed by atoms with Crippen LogP contribution in [0.2, 0.25) is 0 Å². The van der Waals surface area contributed by atoms with Crippen LogP contribution in [0.4, 0.5) is 5.69 Å². The lowest BCUT2D eigenvalue weighted by Crippen LogP contribution is -2.26. The molecule has 1 N–H and O–H groups in total. The predicted molar refractivity (Wildman–Crippen MR) is 77.5 cm³/mol. The van der Waals surface area contributed by atoms with Crippen LogP contribution in [0.5, 0.6) is 0 Å². The summed E-state index contributed by atoms with van der Waals surface area (Å²) < 4.78 is 6.77. The summed E-state index contributed by atoms with van der Waals surface area (Å²) in [5, 5.41) is 7.25. The van der Waals surface area contributed by atoms with Crippen LogP contribution < -0.4 is 10.9 Å². The maximum atomic E-state index is 12.0. The first kappa shape index (κ1) is 14.2. The first-order chi connectivity index (χ1) is 9.22. The van der Waals surface area contributed by atoms with Gasteiger partial charge in [0.2, 0.25) is 0 Å². The molecule has 0 aliphatic heterocycles. The molecule has 0 bridgehead atoms. The summed E-state index contributed by atoms with van der Waals surface area (Å²) in [5.74, 6) is 0. The van der Waals surface area contributed by atoms with E-state index in [4.69, 9.17) is 4.74 Å².